The first kappa shape index (κ1) is 16.7. The van der Waals surface area contributed by atoms with Crippen LogP contribution in [0.3, 0.4) is 0 Å². The summed E-state index contributed by atoms with van der Waals surface area (Å²) in [6.07, 6.45) is 2.11. The second-order valence-electron chi connectivity index (χ2n) is 6.48. The van der Waals surface area contributed by atoms with E-state index < -0.39 is 11.4 Å². The topological polar surface area (TPSA) is 83.6 Å². The number of oxazole rings is 1. The molecule has 3 heterocycles. The molecule has 2 aromatic rings. The van der Waals surface area contributed by atoms with E-state index in [4.69, 9.17) is 4.42 Å². The summed E-state index contributed by atoms with van der Waals surface area (Å²) in [6, 6.07) is 3.82. The highest BCUT2D eigenvalue weighted by Gasteiger charge is 2.48. The average molecular weight is 348 g/mol. The third kappa shape index (κ3) is 2.96. The van der Waals surface area contributed by atoms with Crippen molar-refractivity contribution in [1.82, 2.24) is 9.88 Å². The third-order valence-corrected chi connectivity index (χ3v) is 5.66. The molecule has 0 aromatic carbocycles. The van der Waals surface area contributed by atoms with Gasteiger partial charge in [-0.2, -0.15) is 0 Å². The number of hydrogen-bond acceptors (Lipinski definition) is 5. The number of rotatable bonds is 5. The fraction of sp³-hybridized carbons (Fsp3) is 0.471. The minimum absolute atomic E-state index is 0.0229. The molecule has 1 saturated heterocycles. The van der Waals surface area contributed by atoms with Crippen LogP contribution in [0.25, 0.3) is 10.8 Å². The van der Waals surface area contributed by atoms with E-state index in [0.717, 1.165) is 4.88 Å². The van der Waals surface area contributed by atoms with E-state index in [-0.39, 0.29) is 24.8 Å². The lowest BCUT2D eigenvalue weighted by Crippen LogP contribution is -2.41. The van der Waals surface area contributed by atoms with Crippen LogP contribution >= 0.6 is 11.3 Å². The molecule has 1 N–H and O–H groups in total. The molecule has 1 unspecified atom stereocenters. The van der Waals surface area contributed by atoms with Crippen LogP contribution in [-0.4, -0.2) is 40.0 Å². The second kappa shape index (κ2) is 6.39. The Hall–Kier alpha value is -2.15. The van der Waals surface area contributed by atoms with Crippen LogP contribution in [0.4, 0.5) is 0 Å². The van der Waals surface area contributed by atoms with Crippen molar-refractivity contribution in [2.24, 2.45) is 11.3 Å². The molecule has 0 saturated carbocycles. The van der Waals surface area contributed by atoms with Crippen molar-refractivity contribution in [3.05, 3.63) is 29.5 Å². The Balaban J connectivity index is 1.67. The predicted molar refractivity (Wildman–Crippen MR) is 89.6 cm³/mol. The quantitative estimate of drug-likeness (QED) is 0.898. The van der Waals surface area contributed by atoms with Crippen molar-refractivity contribution in [2.45, 2.75) is 26.7 Å². The van der Waals surface area contributed by atoms with Gasteiger partial charge in [0, 0.05) is 13.1 Å². The van der Waals surface area contributed by atoms with Gasteiger partial charge in [0.05, 0.1) is 22.4 Å². The number of nitrogens with zero attached hydrogens (tertiary/aromatic N) is 2. The highest BCUT2D eigenvalue weighted by Crippen LogP contribution is 2.38. The summed E-state index contributed by atoms with van der Waals surface area (Å²) in [5, 5.41) is 11.5. The molecular weight excluding hydrogens is 328 g/mol. The van der Waals surface area contributed by atoms with Crippen LogP contribution < -0.4 is 0 Å². The molecular formula is C17H20N2O4S. The maximum absolute atomic E-state index is 12.5. The summed E-state index contributed by atoms with van der Waals surface area (Å²) < 4.78 is 5.42. The van der Waals surface area contributed by atoms with Crippen molar-refractivity contribution in [3.63, 3.8) is 0 Å². The molecule has 7 heteroatoms. The Bertz CT molecular complexity index is 738. The monoisotopic (exact) mass is 348 g/mol. The van der Waals surface area contributed by atoms with Crippen molar-refractivity contribution >= 4 is 23.2 Å². The lowest BCUT2D eigenvalue weighted by molar-refractivity contribution is -0.151. The summed E-state index contributed by atoms with van der Waals surface area (Å²) in [5.74, 6) is -0.444. The van der Waals surface area contributed by atoms with Crippen LogP contribution in [0.15, 0.2) is 28.2 Å². The van der Waals surface area contributed by atoms with Crippen LogP contribution in [-0.2, 0) is 16.0 Å². The number of thiophene rings is 1. The lowest BCUT2D eigenvalue weighted by Gasteiger charge is -2.28. The summed E-state index contributed by atoms with van der Waals surface area (Å²) >= 11 is 1.52. The molecule has 24 heavy (non-hydrogen) atoms. The minimum Gasteiger partial charge on any atom is -0.481 e. The van der Waals surface area contributed by atoms with E-state index in [1.54, 1.807) is 4.90 Å². The Morgan fingerprint density at radius 3 is 2.88 bits per heavy atom. The highest BCUT2D eigenvalue weighted by atomic mass is 32.1. The fourth-order valence-electron chi connectivity index (χ4n) is 3.11. The number of carboxylic acid groups (broad SMARTS) is 1. The van der Waals surface area contributed by atoms with Gasteiger partial charge < -0.3 is 14.4 Å². The van der Waals surface area contributed by atoms with E-state index in [2.05, 4.69) is 4.98 Å². The van der Waals surface area contributed by atoms with Gasteiger partial charge in [0.2, 0.25) is 11.8 Å². The van der Waals surface area contributed by atoms with Crippen LogP contribution in [0, 0.1) is 11.3 Å². The van der Waals surface area contributed by atoms with Gasteiger partial charge in [-0.05, 0) is 23.8 Å². The fourth-order valence-corrected chi connectivity index (χ4v) is 3.76. The van der Waals surface area contributed by atoms with E-state index >= 15 is 0 Å². The zero-order chi connectivity index (χ0) is 17.3. The molecule has 0 aliphatic carbocycles. The number of aliphatic carboxylic acids is 1. The van der Waals surface area contributed by atoms with Gasteiger partial charge in [-0.3, -0.25) is 9.59 Å². The summed E-state index contributed by atoms with van der Waals surface area (Å²) in [7, 11) is 0. The maximum Gasteiger partial charge on any atom is 0.311 e. The van der Waals surface area contributed by atoms with Gasteiger partial charge in [0.1, 0.15) is 6.26 Å². The largest absolute Gasteiger partial charge is 0.481 e. The molecule has 3 rings (SSSR count). The Morgan fingerprint density at radius 2 is 2.29 bits per heavy atom. The summed E-state index contributed by atoms with van der Waals surface area (Å²) in [5.41, 5.74) is -0.275. The second-order valence-corrected chi connectivity index (χ2v) is 7.43. The van der Waals surface area contributed by atoms with E-state index in [9.17, 15) is 14.7 Å². The van der Waals surface area contributed by atoms with Crippen molar-refractivity contribution in [2.75, 3.05) is 13.1 Å². The Morgan fingerprint density at radius 1 is 1.50 bits per heavy atom. The molecule has 0 spiro atoms. The number of hydrogen-bond donors (Lipinski definition) is 1. The molecule has 1 amide bonds. The minimum atomic E-state index is -0.846. The first-order chi connectivity index (χ1) is 11.4. The van der Waals surface area contributed by atoms with Crippen LogP contribution in [0.1, 0.15) is 26.0 Å². The number of amides is 1. The zero-order valence-corrected chi connectivity index (χ0v) is 14.5. The van der Waals surface area contributed by atoms with E-state index in [0.29, 0.717) is 24.6 Å². The molecule has 1 fully saturated rings. The molecule has 128 valence electrons. The van der Waals surface area contributed by atoms with Crippen molar-refractivity contribution < 1.29 is 19.1 Å². The standard InChI is InChI=1S/C17H20N2O4S/c1-11(2)17(16(21)22)5-6-19(10-17)14(20)8-12-9-23-15(18-12)13-4-3-7-24-13/h3-4,7,9,11H,5-6,8,10H2,1-2H3,(H,21,22). The smallest absolute Gasteiger partial charge is 0.311 e. The normalized spacial score (nSPS) is 20.7. The van der Waals surface area contributed by atoms with Crippen LogP contribution in [0.2, 0.25) is 0 Å². The SMILES string of the molecule is CC(C)C1(C(=O)O)CCN(C(=O)Cc2coc(-c3cccs3)n2)C1. The number of carbonyl (C=O) groups is 2. The van der Waals surface area contributed by atoms with Gasteiger partial charge in [-0.15, -0.1) is 11.3 Å². The number of aromatic nitrogens is 1. The lowest BCUT2D eigenvalue weighted by atomic mass is 9.76. The first-order valence-electron chi connectivity index (χ1n) is 7.92. The van der Waals surface area contributed by atoms with Gasteiger partial charge in [0.25, 0.3) is 0 Å². The van der Waals surface area contributed by atoms with E-state index in [1.165, 1.54) is 17.6 Å². The average Bonchev–Trinajstić information content (AvgIpc) is 3.27. The van der Waals surface area contributed by atoms with Crippen LogP contribution in [0.5, 0.6) is 0 Å². The number of carbonyl (C=O) groups excluding carboxylic acids is 1. The molecule has 0 radical (unpaired) electrons. The van der Waals surface area contributed by atoms with Gasteiger partial charge >= 0.3 is 5.97 Å². The first-order valence-corrected chi connectivity index (χ1v) is 8.80. The molecule has 1 atom stereocenters. The molecule has 0 bridgehead atoms. The predicted octanol–water partition coefficient (Wildman–Crippen LogP) is 2.90. The molecule has 1 aliphatic rings. The Labute approximate surface area is 144 Å². The Kier molecular flexibility index (Phi) is 4.45. The highest BCUT2D eigenvalue weighted by molar-refractivity contribution is 7.13. The third-order valence-electron chi connectivity index (χ3n) is 4.80. The number of carboxylic acids is 1. The zero-order valence-electron chi connectivity index (χ0n) is 13.7. The van der Waals surface area contributed by atoms with Crippen molar-refractivity contribution in [1.29, 1.82) is 0 Å². The maximum atomic E-state index is 12.5. The molecule has 1 aliphatic heterocycles. The number of likely N-dealkylation sites (tertiary alicyclic amines) is 1. The van der Waals surface area contributed by atoms with Gasteiger partial charge in [0.15, 0.2) is 0 Å². The summed E-state index contributed by atoms with van der Waals surface area (Å²) in [6.45, 7) is 4.52. The van der Waals surface area contributed by atoms with Gasteiger partial charge in [-0.25, -0.2) is 4.98 Å². The summed E-state index contributed by atoms with van der Waals surface area (Å²) in [4.78, 5) is 31.1. The van der Waals surface area contributed by atoms with E-state index in [1.807, 2.05) is 31.4 Å². The van der Waals surface area contributed by atoms with Crippen molar-refractivity contribution in [3.8, 4) is 10.8 Å². The molecule has 2 aromatic heterocycles. The van der Waals surface area contributed by atoms with Gasteiger partial charge in [-0.1, -0.05) is 19.9 Å². The molecule has 6 nitrogen and oxygen atoms in total.